The molecule has 8 heteroatoms. The Labute approximate surface area is 204 Å². The van der Waals surface area contributed by atoms with Crippen molar-refractivity contribution in [3.63, 3.8) is 0 Å². The van der Waals surface area contributed by atoms with Gasteiger partial charge in [0, 0.05) is 65.1 Å². The standard InChI is InChI=1S/C23H38N6O.HI/c1-27(2)22(30)18-25-23(26-19-12-16-29(17-13-19)21-10-11-21)24-14-7-15-28(3)20-8-5-4-6-9-20;/h4-6,8-9,19,21H,7,10-18H2,1-3H3,(H2,24,25,26);1H. The molecule has 0 radical (unpaired) electrons. The van der Waals surface area contributed by atoms with Crippen LogP contribution in [0.4, 0.5) is 5.69 Å². The van der Waals surface area contributed by atoms with E-state index in [1.807, 2.05) is 6.07 Å². The van der Waals surface area contributed by atoms with Crippen LogP contribution in [0.1, 0.15) is 32.1 Å². The van der Waals surface area contributed by atoms with Gasteiger partial charge in [-0.15, -0.1) is 24.0 Å². The number of nitrogens with one attached hydrogen (secondary N) is 2. The maximum absolute atomic E-state index is 12.0. The lowest BCUT2D eigenvalue weighted by Gasteiger charge is -2.33. The fraction of sp³-hybridized carbons (Fsp3) is 0.652. The molecule has 2 aliphatic rings. The molecule has 7 nitrogen and oxygen atoms in total. The van der Waals surface area contributed by atoms with Crippen molar-refractivity contribution in [2.24, 2.45) is 4.99 Å². The molecular formula is C23H39IN6O. The van der Waals surface area contributed by atoms with Gasteiger partial charge in [0.25, 0.3) is 0 Å². The highest BCUT2D eigenvalue weighted by atomic mass is 127. The Morgan fingerprint density at radius 3 is 2.39 bits per heavy atom. The first-order chi connectivity index (χ1) is 14.5. The summed E-state index contributed by atoms with van der Waals surface area (Å²) in [6, 6.07) is 11.7. The van der Waals surface area contributed by atoms with Crippen molar-refractivity contribution in [2.75, 3.05) is 58.8 Å². The van der Waals surface area contributed by atoms with Crippen molar-refractivity contribution >= 4 is 41.5 Å². The van der Waals surface area contributed by atoms with E-state index >= 15 is 0 Å². The Morgan fingerprint density at radius 2 is 1.77 bits per heavy atom. The Morgan fingerprint density at radius 1 is 1.10 bits per heavy atom. The smallest absolute Gasteiger partial charge is 0.243 e. The van der Waals surface area contributed by atoms with Gasteiger partial charge < -0.3 is 25.3 Å². The minimum absolute atomic E-state index is 0. The fourth-order valence-electron chi connectivity index (χ4n) is 3.82. The van der Waals surface area contributed by atoms with Crippen molar-refractivity contribution in [3.8, 4) is 0 Å². The molecule has 2 N–H and O–H groups in total. The van der Waals surface area contributed by atoms with Crippen molar-refractivity contribution in [2.45, 2.75) is 44.2 Å². The third-order valence-electron chi connectivity index (χ3n) is 5.96. The molecule has 1 aromatic carbocycles. The predicted octanol–water partition coefficient (Wildman–Crippen LogP) is 2.38. The van der Waals surface area contributed by atoms with Gasteiger partial charge in [-0.3, -0.25) is 4.79 Å². The number of carbonyl (C=O) groups excluding carboxylic acids is 1. The molecule has 31 heavy (non-hydrogen) atoms. The summed E-state index contributed by atoms with van der Waals surface area (Å²) in [5, 5.41) is 7.02. The molecule has 0 atom stereocenters. The van der Waals surface area contributed by atoms with E-state index in [-0.39, 0.29) is 36.4 Å². The SMILES string of the molecule is CN(C)C(=O)CN=C(NCCCN(C)c1ccccc1)NC1CCN(C2CC2)CC1.I. The van der Waals surface area contributed by atoms with Crippen LogP contribution in [0.15, 0.2) is 35.3 Å². The number of hydrogen-bond acceptors (Lipinski definition) is 4. The number of para-hydroxylation sites is 1. The Kier molecular flexibility index (Phi) is 10.9. The summed E-state index contributed by atoms with van der Waals surface area (Å²) in [6.45, 7) is 4.27. The van der Waals surface area contributed by atoms with Crippen LogP contribution in [0.3, 0.4) is 0 Å². The maximum Gasteiger partial charge on any atom is 0.243 e. The van der Waals surface area contributed by atoms with Crippen LogP contribution in [-0.2, 0) is 4.79 Å². The maximum atomic E-state index is 12.0. The number of nitrogens with zero attached hydrogens (tertiary/aromatic N) is 4. The van der Waals surface area contributed by atoms with Gasteiger partial charge in [0.15, 0.2) is 5.96 Å². The number of anilines is 1. The molecular weight excluding hydrogens is 503 g/mol. The predicted molar refractivity (Wildman–Crippen MR) is 139 cm³/mol. The van der Waals surface area contributed by atoms with Crippen molar-refractivity contribution in [1.82, 2.24) is 20.4 Å². The van der Waals surface area contributed by atoms with Crippen LogP contribution in [0.25, 0.3) is 0 Å². The van der Waals surface area contributed by atoms with Gasteiger partial charge in [-0.05, 0) is 44.2 Å². The summed E-state index contributed by atoms with van der Waals surface area (Å²) in [7, 11) is 5.66. The van der Waals surface area contributed by atoms with Crippen LogP contribution in [0.5, 0.6) is 0 Å². The minimum atomic E-state index is 0. The Balaban J connectivity index is 0.00000341. The lowest BCUT2D eigenvalue weighted by Crippen LogP contribution is -2.49. The van der Waals surface area contributed by atoms with Crippen LogP contribution in [0, 0.1) is 0 Å². The third-order valence-corrected chi connectivity index (χ3v) is 5.96. The van der Waals surface area contributed by atoms with Gasteiger partial charge >= 0.3 is 0 Å². The molecule has 3 rings (SSSR count). The quantitative estimate of drug-likeness (QED) is 0.217. The van der Waals surface area contributed by atoms with E-state index in [0.29, 0.717) is 6.04 Å². The zero-order valence-electron chi connectivity index (χ0n) is 19.2. The first-order valence-corrected chi connectivity index (χ1v) is 11.3. The number of piperidine rings is 1. The van der Waals surface area contributed by atoms with E-state index in [1.54, 1.807) is 19.0 Å². The largest absolute Gasteiger partial charge is 0.375 e. The molecule has 0 unspecified atom stereocenters. The monoisotopic (exact) mass is 542 g/mol. The lowest BCUT2D eigenvalue weighted by molar-refractivity contribution is -0.127. The van der Waals surface area contributed by atoms with Gasteiger partial charge in [-0.1, -0.05) is 18.2 Å². The molecule has 1 aliphatic carbocycles. The normalized spacial score (nSPS) is 17.6. The number of rotatable bonds is 9. The Hall–Kier alpha value is -1.55. The second-order valence-corrected chi connectivity index (χ2v) is 8.68. The highest BCUT2D eigenvalue weighted by Gasteiger charge is 2.31. The van der Waals surface area contributed by atoms with Gasteiger partial charge in [0.2, 0.25) is 5.91 Å². The van der Waals surface area contributed by atoms with E-state index in [9.17, 15) is 4.79 Å². The Bertz CT molecular complexity index is 687. The molecule has 0 aromatic heterocycles. The van der Waals surface area contributed by atoms with Crippen LogP contribution in [-0.4, -0.2) is 87.6 Å². The topological polar surface area (TPSA) is 63.2 Å². The van der Waals surface area contributed by atoms with E-state index in [0.717, 1.165) is 57.4 Å². The number of benzene rings is 1. The summed E-state index contributed by atoms with van der Waals surface area (Å²) in [6.07, 6.45) is 6.01. The first-order valence-electron chi connectivity index (χ1n) is 11.3. The molecule has 1 saturated heterocycles. The van der Waals surface area contributed by atoms with Gasteiger partial charge in [-0.25, -0.2) is 4.99 Å². The first kappa shape index (κ1) is 25.7. The van der Waals surface area contributed by atoms with Crippen LogP contribution >= 0.6 is 24.0 Å². The van der Waals surface area contributed by atoms with Crippen LogP contribution in [0.2, 0.25) is 0 Å². The summed E-state index contributed by atoms with van der Waals surface area (Å²) in [5.74, 6) is 0.779. The molecule has 1 amide bonds. The number of guanidine groups is 1. The van der Waals surface area contributed by atoms with Crippen molar-refractivity contribution in [1.29, 1.82) is 0 Å². The molecule has 174 valence electrons. The molecule has 2 fully saturated rings. The lowest BCUT2D eigenvalue weighted by atomic mass is 10.1. The van der Waals surface area contributed by atoms with Gasteiger partial charge in [0.05, 0.1) is 0 Å². The van der Waals surface area contributed by atoms with Crippen molar-refractivity contribution < 1.29 is 4.79 Å². The van der Waals surface area contributed by atoms with Crippen molar-refractivity contribution in [3.05, 3.63) is 30.3 Å². The molecule has 0 spiro atoms. The zero-order chi connectivity index (χ0) is 21.3. The van der Waals surface area contributed by atoms with E-state index < -0.39 is 0 Å². The number of likely N-dealkylation sites (tertiary alicyclic amines) is 1. The number of likely N-dealkylation sites (N-methyl/N-ethyl adjacent to an activating group) is 1. The van der Waals surface area contributed by atoms with Crippen LogP contribution < -0.4 is 15.5 Å². The summed E-state index contributed by atoms with van der Waals surface area (Å²) in [4.78, 5) is 23.0. The summed E-state index contributed by atoms with van der Waals surface area (Å²) < 4.78 is 0. The van der Waals surface area contributed by atoms with Gasteiger partial charge in [-0.2, -0.15) is 0 Å². The van der Waals surface area contributed by atoms with E-state index in [4.69, 9.17) is 0 Å². The second kappa shape index (κ2) is 13.1. The molecule has 1 saturated carbocycles. The second-order valence-electron chi connectivity index (χ2n) is 8.68. The summed E-state index contributed by atoms with van der Waals surface area (Å²) in [5.41, 5.74) is 1.23. The number of aliphatic imine (C=N–C) groups is 1. The molecule has 1 aliphatic heterocycles. The number of amides is 1. The number of carbonyl (C=O) groups is 1. The summed E-state index contributed by atoms with van der Waals surface area (Å²) >= 11 is 0. The average molecular weight is 543 g/mol. The van der Waals surface area contributed by atoms with E-state index in [1.165, 1.54) is 18.5 Å². The van der Waals surface area contributed by atoms with E-state index in [2.05, 4.69) is 56.7 Å². The highest BCUT2D eigenvalue weighted by molar-refractivity contribution is 14.0. The molecule has 1 aromatic rings. The fourth-order valence-corrected chi connectivity index (χ4v) is 3.82. The molecule has 0 bridgehead atoms. The highest BCUT2D eigenvalue weighted by Crippen LogP contribution is 2.29. The molecule has 1 heterocycles. The number of hydrogen-bond donors (Lipinski definition) is 2. The average Bonchev–Trinajstić information content (AvgIpc) is 3.61. The van der Waals surface area contributed by atoms with Gasteiger partial charge in [0.1, 0.15) is 6.54 Å². The minimum Gasteiger partial charge on any atom is -0.375 e. The third kappa shape index (κ3) is 8.84. The number of halogens is 1. The zero-order valence-corrected chi connectivity index (χ0v) is 21.5.